The van der Waals surface area contributed by atoms with E-state index < -0.39 is 0 Å². The van der Waals surface area contributed by atoms with Crippen LogP contribution in [0.15, 0.2) is 18.3 Å². The van der Waals surface area contributed by atoms with Crippen molar-refractivity contribution in [3.63, 3.8) is 0 Å². The van der Waals surface area contributed by atoms with E-state index in [9.17, 15) is 4.79 Å². The molecule has 0 unspecified atom stereocenters. The number of hydrogen-bond donors (Lipinski definition) is 2. The van der Waals surface area contributed by atoms with Gasteiger partial charge in [-0.1, -0.05) is 12.8 Å². The fourth-order valence-electron chi connectivity index (χ4n) is 0.541. The van der Waals surface area contributed by atoms with Crippen molar-refractivity contribution in [3.8, 4) is 0 Å². The third-order valence-electron chi connectivity index (χ3n) is 1.04. The first-order valence-corrected chi connectivity index (χ1v) is 3.13. The molecule has 0 bridgehead atoms. The number of aromatic nitrogens is 1. The summed E-state index contributed by atoms with van der Waals surface area (Å²) in [4.78, 5) is 14.0. The van der Waals surface area contributed by atoms with Crippen LogP contribution in [0.4, 0.5) is 5.82 Å². The maximum atomic E-state index is 10.1. The van der Waals surface area contributed by atoms with Crippen LogP contribution in [0, 0.1) is 0 Å². The van der Waals surface area contributed by atoms with Gasteiger partial charge in [-0.25, -0.2) is 4.98 Å². The van der Waals surface area contributed by atoms with Crippen molar-refractivity contribution in [2.75, 3.05) is 4.72 Å². The first-order chi connectivity index (χ1) is 4.86. The van der Waals surface area contributed by atoms with Gasteiger partial charge in [-0.15, -0.1) is 0 Å². The van der Waals surface area contributed by atoms with Gasteiger partial charge >= 0.3 is 0 Å². The SMILES string of the molecule is O=Cc1ccc(NS)nc1. The largest absolute Gasteiger partial charge is 0.317 e. The molecule has 0 radical (unpaired) electrons. The molecule has 1 aromatic heterocycles. The highest BCUT2D eigenvalue weighted by Crippen LogP contribution is 2.02. The van der Waals surface area contributed by atoms with Gasteiger partial charge in [-0.05, 0) is 12.1 Å². The highest BCUT2D eigenvalue weighted by Gasteiger charge is 1.89. The van der Waals surface area contributed by atoms with Crippen molar-refractivity contribution in [1.82, 2.24) is 4.98 Å². The Labute approximate surface area is 64.0 Å². The van der Waals surface area contributed by atoms with E-state index in [1.54, 1.807) is 12.1 Å². The molecule has 1 N–H and O–H groups in total. The van der Waals surface area contributed by atoms with Crippen LogP contribution >= 0.6 is 12.8 Å². The number of hydrogen-bond acceptors (Lipinski definition) is 4. The van der Waals surface area contributed by atoms with Crippen LogP contribution in [0.1, 0.15) is 10.4 Å². The van der Waals surface area contributed by atoms with E-state index in [0.717, 1.165) is 6.29 Å². The molecule has 0 aliphatic heterocycles. The van der Waals surface area contributed by atoms with Gasteiger partial charge < -0.3 is 4.72 Å². The lowest BCUT2D eigenvalue weighted by molar-refractivity contribution is 0.112. The highest BCUT2D eigenvalue weighted by molar-refractivity contribution is 7.81. The van der Waals surface area contributed by atoms with Crippen molar-refractivity contribution in [2.24, 2.45) is 0 Å². The second kappa shape index (κ2) is 3.22. The first kappa shape index (κ1) is 7.08. The maximum absolute atomic E-state index is 10.1. The number of nitrogens with zero attached hydrogens (tertiary/aromatic N) is 1. The number of carbonyl (C=O) groups is 1. The average molecular weight is 154 g/mol. The monoisotopic (exact) mass is 154 g/mol. The zero-order valence-corrected chi connectivity index (χ0v) is 6.01. The lowest BCUT2D eigenvalue weighted by Gasteiger charge is -1.94. The second-order valence-electron chi connectivity index (χ2n) is 1.71. The summed E-state index contributed by atoms with van der Waals surface area (Å²) in [5.74, 6) is 0.633. The van der Waals surface area contributed by atoms with E-state index in [-0.39, 0.29) is 0 Å². The lowest BCUT2D eigenvalue weighted by atomic mass is 10.3. The Kier molecular flexibility index (Phi) is 2.28. The van der Waals surface area contributed by atoms with E-state index in [1.165, 1.54) is 6.20 Å². The number of anilines is 1. The summed E-state index contributed by atoms with van der Waals surface area (Å²) in [6, 6.07) is 3.34. The molecule has 0 atom stereocenters. The van der Waals surface area contributed by atoms with Gasteiger partial charge in [0.15, 0.2) is 6.29 Å². The Hall–Kier alpha value is -1.03. The van der Waals surface area contributed by atoms with E-state index in [1.807, 2.05) is 0 Å². The number of carbonyl (C=O) groups excluding carboxylic acids is 1. The van der Waals surface area contributed by atoms with E-state index in [0.29, 0.717) is 11.4 Å². The molecule has 0 amide bonds. The number of aldehydes is 1. The Balaban J connectivity index is 2.90. The molecule has 0 aliphatic carbocycles. The molecule has 0 spiro atoms. The molecule has 0 saturated heterocycles. The van der Waals surface area contributed by atoms with Crippen LogP contribution in [0.25, 0.3) is 0 Å². The van der Waals surface area contributed by atoms with Crippen LogP contribution in [-0.2, 0) is 0 Å². The molecular weight excluding hydrogens is 148 g/mol. The molecule has 10 heavy (non-hydrogen) atoms. The zero-order valence-electron chi connectivity index (χ0n) is 5.11. The third kappa shape index (κ3) is 1.48. The molecule has 0 saturated carbocycles. The smallest absolute Gasteiger partial charge is 0.151 e. The van der Waals surface area contributed by atoms with Crippen LogP contribution in [0.2, 0.25) is 0 Å². The standard InChI is InChI=1S/C6H6N2OS/c9-4-5-1-2-6(8-10)7-3-5/h1-4,10H,(H,7,8). The predicted molar refractivity (Wildman–Crippen MR) is 42.2 cm³/mol. The molecule has 1 aromatic rings. The van der Waals surface area contributed by atoms with Crippen LogP contribution in [-0.4, -0.2) is 11.3 Å². The summed E-state index contributed by atoms with van der Waals surface area (Å²) >= 11 is 3.77. The van der Waals surface area contributed by atoms with Gasteiger partial charge in [0.2, 0.25) is 0 Å². The first-order valence-electron chi connectivity index (χ1n) is 2.68. The molecule has 0 aromatic carbocycles. The molecule has 3 nitrogen and oxygen atoms in total. The zero-order chi connectivity index (χ0) is 7.40. The number of thiol groups is 1. The topological polar surface area (TPSA) is 42.0 Å². The Morgan fingerprint density at radius 2 is 2.40 bits per heavy atom. The second-order valence-corrected chi connectivity index (χ2v) is 1.93. The van der Waals surface area contributed by atoms with Gasteiger partial charge in [0.05, 0.1) is 0 Å². The number of nitrogens with one attached hydrogen (secondary N) is 1. The van der Waals surface area contributed by atoms with Gasteiger partial charge in [-0.2, -0.15) is 0 Å². The summed E-state index contributed by atoms with van der Waals surface area (Å²) < 4.78 is 2.55. The van der Waals surface area contributed by atoms with Gasteiger partial charge in [0, 0.05) is 11.8 Å². The minimum absolute atomic E-state index is 0.562. The van der Waals surface area contributed by atoms with Crippen LogP contribution in [0.5, 0.6) is 0 Å². The summed E-state index contributed by atoms with van der Waals surface area (Å²) in [6.07, 6.45) is 2.22. The van der Waals surface area contributed by atoms with Gasteiger partial charge in [-0.3, -0.25) is 4.79 Å². The Morgan fingerprint density at radius 3 is 2.80 bits per heavy atom. The summed E-state index contributed by atoms with van der Waals surface area (Å²) in [5, 5.41) is 0. The van der Waals surface area contributed by atoms with Crippen molar-refractivity contribution >= 4 is 24.9 Å². The number of rotatable bonds is 2. The third-order valence-corrected chi connectivity index (χ3v) is 1.27. The van der Waals surface area contributed by atoms with E-state index >= 15 is 0 Å². The van der Waals surface area contributed by atoms with E-state index in [2.05, 4.69) is 22.5 Å². The van der Waals surface area contributed by atoms with Crippen molar-refractivity contribution in [2.45, 2.75) is 0 Å². The van der Waals surface area contributed by atoms with Crippen molar-refractivity contribution in [1.29, 1.82) is 0 Å². The average Bonchev–Trinajstić information content (AvgIpc) is 2.05. The minimum atomic E-state index is 0.562. The van der Waals surface area contributed by atoms with Gasteiger partial charge in [0.25, 0.3) is 0 Å². The van der Waals surface area contributed by atoms with Crippen LogP contribution < -0.4 is 4.72 Å². The Morgan fingerprint density at radius 1 is 1.60 bits per heavy atom. The lowest BCUT2D eigenvalue weighted by Crippen LogP contribution is -1.86. The minimum Gasteiger partial charge on any atom is -0.317 e. The summed E-state index contributed by atoms with van der Waals surface area (Å²) in [7, 11) is 0. The van der Waals surface area contributed by atoms with Gasteiger partial charge in [0.1, 0.15) is 5.82 Å². The Bertz CT molecular complexity index is 222. The van der Waals surface area contributed by atoms with Crippen LogP contribution in [0.3, 0.4) is 0 Å². The normalized spacial score (nSPS) is 8.90. The molecule has 0 fully saturated rings. The number of pyridine rings is 1. The summed E-state index contributed by atoms with van der Waals surface area (Å²) in [6.45, 7) is 0. The summed E-state index contributed by atoms with van der Waals surface area (Å²) in [5.41, 5.74) is 0.562. The molecule has 1 rings (SSSR count). The predicted octanol–water partition coefficient (Wildman–Crippen LogP) is 1.15. The maximum Gasteiger partial charge on any atom is 0.151 e. The quantitative estimate of drug-likeness (QED) is 0.496. The van der Waals surface area contributed by atoms with E-state index in [4.69, 9.17) is 0 Å². The molecular formula is C6H6N2OS. The molecule has 52 valence electrons. The van der Waals surface area contributed by atoms with Crippen molar-refractivity contribution in [3.05, 3.63) is 23.9 Å². The highest BCUT2D eigenvalue weighted by atomic mass is 32.1. The molecule has 1 heterocycles. The molecule has 4 heteroatoms. The van der Waals surface area contributed by atoms with Crippen molar-refractivity contribution < 1.29 is 4.79 Å². The fraction of sp³-hybridized carbons (Fsp3) is 0. The fourth-order valence-corrected chi connectivity index (χ4v) is 0.673. The molecule has 0 aliphatic rings.